The molecule has 67 heavy (non-hydrogen) atoms. The first-order chi connectivity index (χ1) is 31.8. The van der Waals surface area contributed by atoms with Crippen LogP contribution >= 0.6 is 0 Å². The summed E-state index contributed by atoms with van der Waals surface area (Å²) in [5.74, 6) is 0. The van der Waals surface area contributed by atoms with Crippen molar-refractivity contribution < 1.29 is 124 Å². The molecule has 6 saturated heterocycles. The van der Waals surface area contributed by atoms with Gasteiger partial charge in [0, 0.05) is 0 Å². The maximum absolute atomic E-state index is 11.4. The van der Waals surface area contributed by atoms with Crippen LogP contribution in [-0.2, 0) is 52.1 Å². The van der Waals surface area contributed by atoms with Crippen molar-refractivity contribution in [1.82, 2.24) is 0 Å². The van der Waals surface area contributed by atoms with Gasteiger partial charge in [-0.25, -0.2) is 0 Å². The van der Waals surface area contributed by atoms with E-state index in [2.05, 4.69) is 0 Å². The van der Waals surface area contributed by atoms with Crippen LogP contribution < -0.4 is 34.4 Å². The summed E-state index contributed by atoms with van der Waals surface area (Å²) in [6.45, 7) is -4.85. The Bertz CT molecular complexity index is 1520. The van der Waals surface area contributed by atoms with Gasteiger partial charge in [-0.15, -0.1) is 0 Å². The van der Waals surface area contributed by atoms with E-state index >= 15 is 0 Å². The average molecular weight is 985 g/mol. The third kappa shape index (κ3) is 11.2. The number of hydrogen-bond acceptors (Lipinski definition) is 31. The third-order valence-electron chi connectivity index (χ3n) is 12.9. The number of aliphatic hydroxyl groups is 14. The Labute approximate surface area is 381 Å². The molecule has 0 spiro atoms. The van der Waals surface area contributed by atoms with Crippen LogP contribution in [0, 0.1) is 0 Å². The summed E-state index contributed by atoms with van der Waals surface area (Å²) in [6.07, 6.45) is -37.6. The second kappa shape index (κ2) is 23.5. The van der Waals surface area contributed by atoms with Gasteiger partial charge >= 0.3 is 0 Å². The highest BCUT2D eigenvalue weighted by Gasteiger charge is 2.56. The molecule has 6 aliphatic rings. The van der Waals surface area contributed by atoms with Gasteiger partial charge in [0.1, 0.15) is 110 Å². The van der Waals surface area contributed by atoms with Crippen LogP contribution in [0.5, 0.6) is 0 Å². The van der Waals surface area contributed by atoms with E-state index in [1.165, 1.54) is 0 Å². The topological polar surface area (TPSA) is 541 Å². The zero-order valence-corrected chi connectivity index (χ0v) is 35.8. The molecule has 15 unspecified atom stereocenters. The zero-order chi connectivity index (χ0) is 49.3. The van der Waals surface area contributed by atoms with Gasteiger partial charge in [0.2, 0.25) is 0 Å². The summed E-state index contributed by atoms with van der Waals surface area (Å²) < 4.78 is 63.1. The van der Waals surface area contributed by atoms with Gasteiger partial charge in [0.15, 0.2) is 37.7 Å². The van der Waals surface area contributed by atoms with Gasteiger partial charge in [-0.2, -0.15) is 0 Å². The first-order valence-corrected chi connectivity index (χ1v) is 21.6. The molecule has 0 saturated carbocycles. The Morgan fingerprint density at radius 2 is 0.478 bits per heavy atom. The molecule has 392 valence electrons. The van der Waals surface area contributed by atoms with Gasteiger partial charge in [-0.3, -0.25) is 0 Å². The standard InChI is InChI=1S/C36H68N6O25/c37-13-21(51)26(8(2-44)57-31(13)56)63-33-15(39)23(53)28(10(4-46)59-33)65-35-17(41)25(55)30(12(6-48)61-35)67-36-18(42)24(54)29(11(5-47)62-36)66-34-16(40)22(52)27(9(3-45)60-34)64-32-14(38)20(50)19(49)7(1-43)58-32/h7-36,43-56H,1-6,37-42H2/t7?,8?,9?,10?,11?,12?,13-,14+,15+,16-,17-,18+,19?,20-,21?,22?,23-,24-,25?,26+,27+,28?,29?,30+,31+,32?,33?,34-,35-,36?/m1/s1. The molecule has 0 radical (unpaired) electrons. The number of hydrogen-bond donors (Lipinski definition) is 20. The number of rotatable bonds is 16. The lowest BCUT2D eigenvalue weighted by Crippen LogP contribution is -2.71. The molecule has 6 rings (SSSR count). The Kier molecular flexibility index (Phi) is 19.4. The van der Waals surface area contributed by atoms with Crippen LogP contribution in [0.15, 0.2) is 0 Å². The van der Waals surface area contributed by atoms with Crippen LogP contribution in [0.1, 0.15) is 0 Å². The minimum Gasteiger partial charge on any atom is -0.394 e. The molecule has 6 aliphatic heterocycles. The second-order valence-electron chi connectivity index (χ2n) is 17.3. The van der Waals surface area contributed by atoms with E-state index < -0.39 is 224 Å². The lowest BCUT2D eigenvalue weighted by Gasteiger charge is -2.50. The molecule has 0 aromatic carbocycles. The van der Waals surface area contributed by atoms with Gasteiger partial charge in [0.05, 0.1) is 75.9 Å². The Morgan fingerprint density at radius 3 is 0.731 bits per heavy atom. The molecule has 31 nitrogen and oxygen atoms in total. The van der Waals surface area contributed by atoms with Crippen LogP contribution in [-0.4, -0.2) is 295 Å². The highest BCUT2D eigenvalue weighted by molar-refractivity contribution is 5.02. The Hall–Kier alpha value is -1.24. The molecule has 31 heteroatoms. The molecule has 0 aliphatic carbocycles. The number of ether oxygens (including phenoxy) is 11. The molecular formula is C36H68N6O25. The van der Waals surface area contributed by atoms with Gasteiger partial charge < -0.3 is 158 Å². The quantitative estimate of drug-likeness (QED) is 0.0683. The summed E-state index contributed by atoms with van der Waals surface area (Å²) in [6, 6.07) is -8.85. The minimum atomic E-state index is -1.79. The summed E-state index contributed by atoms with van der Waals surface area (Å²) in [7, 11) is 0. The average Bonchev–Trinajstić information content (AvgIpc) is 3.32. The van der Waals surface area contributed by atoms with E-state index in [1.54, 1.807) is 0 Å². The fourth-order valence-electron chi connectivity index (χ4n) is 8.78. The first kappa shape index (κ1) is 55.1. The highest BCUT2D eigenvalue weighted by atomic mass is 16.8. The molecular weight excluding hydrogens is 916 g/mol. The van der Waals surface area contributed by atoms with Gasteiger partial charge in [0.25, 0.3) is 0 Å². The molecule has 0 aromatic rings. The summed E-state index contributed by atoms with van der Waals surface area (Å²) >= 11 is 0. The van der Waals surface area contributed by atoms with Crippen LogP contribution in [0.2, 0.25) is 0 Å². The van der Waals surface area contributed by atoms with Crippen LogP contribution in [0.3, 0.4) is 0 Å². The zero-order valence-electron chi connectivity index (χ0n) is 35.8. The largest absolute Gasteiger partial charge is 0.394 e. The van der Waals surface area contributed by atoms with Crippen LogP contribution in [0.25, 0.3) is 0 Å². The summed E-state index contributed by atoms with van der Waals surface area (Å²) in [5, 5.41) is 147. The molecule has 30 atom stereocenters. The third-order valence-corrected chi connectivity index (χ3v) is 12.9. The van der Waals surface area contributed by atoms with Crippen LogP contribution in [0.4, 0.5) is 0 Å². The lowest BCUT2D eigenvalue weighted by atomic mass is 9.93. The van der Waals surface area contributed by atoms with Crippen molar-refractivity contribution in [2.75, 3.05) is 39.6 Å². The minimum absolute atomic E-state index is 0.728. The maximum Gasteiger partial charge on any atom is 0.176 e. The number of aliphatic hydroxyl groups excluding tert-OH is 14. The van der Waals surface area contributed by atoms with Crippen molar-refractivity contribution in [2.45, 2.75) is 184 Å². The van der Waals surface area contributed by atoms with E-state index in [0.717, 1.165) is 0 Å². The van der Waals surface area contributed by atoms with Crippen molar-refractivity contribution in [3.05, 3.63) is 0 Å². The van der Waals surface area contributed by atoms with Crippen molar-refractivity contribution in [3.8, 4) is 0 Å². The molecule has 6 fully saturated rings. The monoisotopic (exact) mass is 984 g/mol. The van der Waals surface area contributed by atoms with Crippen molar-refractivity contribution in [3.63, 3.8) is 0 Å². The molecule has 0 bridgehead atoms. The SMILES string of the molecule is N[C@@H]1C(O)[C@@H](OC2OC(CO)C(O)[C@H](O)[C@@H]2N)C(CO)O[C@@H]1OC1C(CO)OC(O[C@H]2C(CO)O[C@H](OC3C(CO)OC(O[C@H]4C(CO)O[C@H](O)[C@H](N)C4O)[C@@H](N)[C@H]3O)[C@H](N)C2O)[C@@H](N)[C@H]1O. The molecule has 0 aromatic heterocycles. The summed E-state index contributed by atoms with van der Waals surface area (Å²) in [4.78, 5) is 0. The van der Waals surface area contributed by atoms with Gasteiger partial charge in [-0.1, -0.05) is 0 Å². The Balaban J connectivity index is 1.07. The fraction of sp³-hybridized carbons (Fsp3) is 1.00. The Morgan fingerprint density at radius 1 is 0.269 bits per heavy atom. The van der Waals surface area contributed by atoms with Crippen molar-refractivity contribution in [1.29, 1.82) is 0 Å². The van der Waals surface area contributed by atoms with Gasteiger partial charge in [-0.05, 0) is 0 Å². The normalized spacial score (nSPS) is 53.4. The van der Waals surface area contributed by atoms with E-state index in [1.807, 2.05) is 0 Å². The fourth-order valence-corrected chi connectivity index (χ4v) is 8.78. The van der Waals surface area contributed by atoms with E-state index in [-0.39, 0.29) is 0 Å². The lowest BCUT2D eigenvalue weighted by molar-refractivity contribution is -0.367. The predicted octanol–water partition coefficient (Wildman–Crippen LogP) is -14.3. The highest BCUT2D eigenvalue weighted by Crippen LogP contribution is 2.35. The van der Waals surface area contributed by atoms with E-state index in [0.29, 0.717) is 0 Å². The van der Waals surface area contributed by atoms with E-state index in [4.69, 9.17) is 86.5 Å². The second-order valence-corrected chi connectivity index (χ2v) is 17.3. The number of nitrogens with two attached hydrogens (primary N) is 6. The first-order valence-electron chi connectivity index (χ1n) is 21.6. The van der Waals surface area contributed by atoms with Crippen molar-refractivity contribution in [2.24, 2.45) is 34.4 Å². The van der Waals surface area contributed by atoms with Crippen molar-refractivity contribution >= 4 is 0 Å². The molecule has 6 heterocycles. The smallest absolute Gasteiger partial charge is 0.176 e. The predicted molar refractivity (Wildman–Crippen MR) is 211 cm³/mol. The molecule has 0 amide bonds. The van der Waals surface area contributed by atoms with E-state index in [9.17, 15) is 71.5 Å². The maximum atomic E-state index is 11.4. The summed E-state index contributed by atoms with van der Waals surface area (Å²) in [5.41, 5.74) is 36.9. The molecule has 26 N–H and O–H groups in total.